The Bertz CT molecular complexity index is 1300. The van der Waals surface area contributed by atoms with Crippen LogP contribution in [0.4, 0.5) is 10.1 Å². The van der Waals surface area contributed by atoms with Crippen molar-refractivity contribution in [2.75, 3.05) is 18.6 Å². The zero-order valence-corrected chi connectivity index (χ0v) is 20.3. The average molecular weight is 483 g/mol. The van der Waals surface area contributed by atoms with Crippen LogP contribution >= 0.6 is 0 Å². The van der Waals surface area contributed by atoms with Crippen LogP contribution < -0.4 is 15.6 Å². The maximum Gasteiger partial charge on any atom is 0.274 e. The molecule has 2 aliphatic rings. The number of carbonyl (C=O) groups excluding carboxylic acids is 1. The second-order valence-corrected chi connectivity index (χ2v) is 10.1. The van der Waals surface area contributed by atoms with Gasteiger partial charge in [-0.2, -0.15) is 0 Å². The summed E-state index contributed by atoms with van der Waals surface area (Å²) in [7, 11) is 0. The van der Waals surface area contributed by atoms with Crippen LogP contribution in [0.1, 0.15) is 74.5 Å². The van der Waals surface area contributed by atoms with Gasteiger partial charge < -0.3 is 23.8 Å². The second kappa shape index (κ2) is 9.11. The predicted molar refractivity (Wildman–Crippen MR) is 130 cm³/mol. The molecule has 0 aromatic carbocycles. The third-order valence-corrected chi connectivity index (χ3v) is 6.70. The van der Waals surface area contributed by atoms with Gasteiger partial charge in [0.2, 0.25) is 0 Å². The molecule has 1 amide bonds. The number of anilines is 1. The number of ether oxygens (including phenoxy) is 2. The molecule has 35 heavy (non-hydrogen) atoms. The summed E-state index contributed by atoms with van der Waals surface area (Å²) in [5.74, 6) is 0.0140. The Hall–Kier alpha value is -3.20. The van der Waals surface area contributed by atoms with Crippen LogP contribution in [0.5, 0.6) is 5.75 Å². The van der Waals surface area contributed by atoms with E-state index in [2.05, 4.69) is 5.32 Å². The number of rotatable bonds is 7. The maximum atomic E-state index is 13.3. The molecule has 0 spiro atoms. The average Bonchev–Trinajstić information content (AvgIpc) is 3.59. The van der Waals surface area contributed by atoms with Gasteiger partial charge in [0.15, 0.2) is 0 Å². The minimum Gasteiger partial charge on any atom is -0.490 e. The van der Waals surface area contributed by atoms with E-state index in [0.717, 1.165) is 25.0 Å². The molecular weight excluding hydrogens is 451 g/mol. The molecule has 1 N–H and O–H groups in total. The van der Waals surface area contributed by atoms with Gasteiger partial charge in [-0.1, -0.05) is 0 Å². The fourth-order valence-corrected chi connectivity index (χ4v) is 4.46. The molecule has 2 fully saturated rings. The largest absolute Gasteiger partial charge is 0.490 e. The standard InChI is InChI=1S/C26H31FN4O4/c1-16(2)35-22-11-23-28-21(17-8-9-26(3,15-27)34-14-17)13-30(23)12-19(22)24(32)29-20-5-4-10-31(25(20)33)18-6-7-18/h4-5,10-13,16-18H,6-9,14-15H2,1-3H3,(H,29,32)/t17?,26-/m0/s1. The van der Waals surface area contributed by atoms with Crippen molar-refractivity contribution in [3.63, 3.8) is 0 Å². The summed E-state index contributed by atoms with van der Waals surface area (Å²) in [5.41, 5.74) is 1.08. The molecule has 186 valence electrons. The molecule has 2 atom stereocenters. The number of imidazole rings is 1. The molecule has 3 aromatic rings. The lowest BCUT2D eigenvalue weighted by Gasteiger charge is -2.34. The molecule has 0 bridgehead atoms. The summed E-state index contributed by atoms with van der Waals surface area (Å²) in [6.45, 7) is 5.45. The van der Waals surface area contributed by atoms with Gasteiger partial charge in [-0.15, -0.1) is 0 Å². The molecular formula is C26H31FN4O4. The van der Waals surface area contributed by atoms with Crippen molar-refractivity contribution in [1.82, 2.24) is 14.0 Å². The van der Waals surface area contributed by atoms with Crippen LogP contribution in [0, 0.1) is 0 Å². The van der Waals surface area contributed by atoms with Crippen molar-refractivity contribution in [3.05, 3.63) is 58.4 Å². The third kappa shape index (κ3) is 4.82. The first-order valence-corrected chi connectivity index (χ1v) is 12.2. The van der Waals surface area contributed by atoms with Crippen LogP contribution in [0.2, 0.25) is 0 Å². The van der Waals surface area contributed by atoms with Crippen LogP contribution in [0.15, 0.2) is 41.6 Å². The lowest BCUT2D eigenvalue weighted by Crippen LogP contribution is -2.37. The number of nitrogens with zero attached hydrogens (tertiary/aromatic N) is 3. The van der Waals surface area contributed by atoms with Gasteiger partial charge >= 0.3 is 0 Å². The summed E-state index contributed by atoms with van der Waals surface area (Å²) >= 11 is 0. The van der Waals surface area contributed by atoms with E-state index in [4.69, 9.17) is 14.5 Å². The van der Waals surface area contributed by atoms with Crippen LogP contribution in [-0.4, -0.2) is 44.8 Å². The molecule has 8 nitrogen and oxygen atoms in total. The zero-order valence-electron chi connectivity index (χ0n) is 20.3. The van der Waals surface area contributed by atoms with Crippen molar-refractivity contribution >= 4 is 17.2 Å². The number of alkyl halides is 1. The van der Waals surface area contributed by atoms with Crippen molar-refractivity contribution in [2.24, 2.45) is 0 Å². The molecule has 5 rings (SSSR count). The number of aromatic nitrogens is 3. The van der Waals surface area contributed by atoms with Gasteiger partial charge in [0.1, 0.15) is 23.8 Å². The summed E-state index contributed by atoms with van der Waals surface area (Å²) < 4.78 is 28.4. The highest BCUT2D eigenvalue weighted by Crippen LogP contribution is 2.35. The van der Waals surface area contributed by atoms with Crippen molar-refractivity contribution in [3.8, 4) is 5.75 Å². The van der Waals surface area contributed by atoms with E-state index in [1.54, 1.807) is 46.5 Å². The number of hydrogen-bond donors (Lipinski definition) is 1. The lowest BCUT2D eigenvalue weighted by molar-refractivity contribution is -0.0868. The van der Waals surface area contributed by atoms with Gasteiger partial charge in [0.05, 0.1) is 29.6 Å². The minimum atomic E-state index is -0.727. The Morgan fingerprint density at radius 3 is 2.80 bits per heavy atom. The molecule has 3 aromatic heterocycles. The number of hydrogen-bond acceptors (Lipinski definition) is 5. The van der Waals surface area contributed by atoms with Crippen LogP contribution in [0.25, 0.3) is 5.65 Å². The Kier molecular flexibility index (Phi) is 6.13. The number of nitrogens with one attached hydrogen (secondary N) is 1. The van der Waals surface area contributed by atoms with Crippen LogP contribution in [-0.2, 0) is 4.74 Å². The molecule has 9 heteroatoms. The van der Waals surface area contributed by atoms with Crippen molar-refractivity contribution in [2.45, 2.75) is 70.1 Å². The van der Waals surface area contributed by atoms with Gasteiger partial charge in [-0.3, -0.25) is 9.59 Å². The number of fused-ring (bicyclic) bond motifs is 1. The third-order valence-electron chi connectivity index (χ3n) is 6.70. The fourth-order valence-electron chi connectivity index (χ4n) is 4.46. The van der Waals surface area contributed by atoms with E-state index in [-0.39, 0.29) is 29.3 Å². The number of pyridine rings is 2. The van der Waals surface area contributed by atoms with E-state index < -0.39 is 18.2 Å². The highest BCUT2D eigenvalue weighted by atomic mass is 19.1. The number of carbonyl (C=O) groups is 1. The SMILES string of the molecule is CC(C)Oc1cc2nc(C3CC[C@@](C)(CF)OC3)cn2cc1C(=O)Nc1cccn(C2CC2)c1=O. The van der Waals surface area contributed by atoms with E-state index >= 15 is 0 Å². The number of amides is 1. The highest BCUT2D eigenvalue weighted by molar-refractivity contribution is 6.06. The van der Waals surface area contributed by atoms with E-state index in [0.29, 0.717) is 30.0 Å². The highest BCUT2D eigenvalue weighted by Gasteiger charge is 2.34. The fraction of sp³-hybridized carbons (Fsp3) is 0.500. The smallest absolute Gasteiger partial charge is 0.274 e. The Morgan fingerprint density at radius 1 is 1.34 bits per heavy atom. The monoisotopic (exact) mass is 482 g/mol. The first kappa shape index (κ1) is 23.5. The normalized spacial score (nSPS) is 22.5. The van der Waals surface area contributed by atoms with Crippen molar-refractivity contribution in [1.29, 1.82) is 0 Å². The van der Waals surface area contributed by atoms with Gasteiger partial charge in [0, 0.05) is 36.6 Å². The lowest BCUT2D eigenvalue weighted by atomic mass is 9.89. The Balaban J connectivity index is 1.44. The Morgan fingerprint density at radius 2 is 2.14 bits per heavy atom. The zero-order chi connectivity index (χ0) is 24.7. The topological polar surface area (TPSA) is 86.9 Å². The predicted octanol–water partition coefficient (Wildman–Crippen LogP) is 4.49. The summed E-state index contributed by atoms with van der Waals surface area (Å²) in [4.78, 5) is 30.8. The molecule has 4 heterocycles. The van der Waals surface area contributed by atoms with E-state index in [1.165, 1.54) is 0 Å². The summed E-state index contributed by atoms with van der Waals surface area (Å²) in [5, 5.41) is 2.77. The molecule has 0 radical (unpaired) electrons. The molecule has 1 saturated heterocycles. The van der Waals surface area contributed by atoms with Gasteiger partial charge in [-0.05, 0) is 58.6 Å². The molecule has 1 aliphatic carbocycles. The molecule has 1 saturated carbocycles. The molecule has 1 aliphatic heterocycles. The minimum absolute atomic E-state index is 0.0477. The first-order chi connectivity index (χ1) is 16.8. The first-order valence-electron chi connectivity index (χ1n) is 12.2. The van der Waals surface area contributed by atoms with E-state index in [1.807, 2.05) is 20.0 Å². The van der Waals surface area contributed by atoms with Crippen LogP contribution in [0.3, 0.4) is 0 Å². The quantitative estimate of drug-likeness (QED) is 0.536. The Labute approximate surface area is 203 Å². The van der Waals surface area contributed by atoms with E-state index in [9.17, 15) is 14.0 Å². The maximum absolute atomic E-state index is 13.3. The van der Waals surface area contributed by atoms with Gasteiger partial charge in [0.25, 0.3) is 11.5 Å². The number of halogens is 1. The summed E-state index contributed by atoms with van der Waals surface area (Å²) in [6.07, 6.45) is 8.49. The van der Waals surface area contributed by atoms with Gasteiger partial charge in [-0.25, -0.2) is 9.37 Å². The van der Waals surface area contributed by atoms with Crippen molar-refractivity contribution < 1.29 is 18.7 Å². The second-order valence-electron chi connectivity index (χ2n) is 10.1. The molecule has 1 unspecified atom stereocenters. The summed E-state index contributed by atoms with van der Waals surface area (Å²) in [6, 6.07) is 5.34.